The molecule has 0 heterocycles. The van der Waals surface area contributed by atoms with E-state index in [1.54, 1.807) is 36.4 Å². The molecule has 2 aromatic carbocycles. The first kappa shape index (κ1) is 23.3. The summed E-state index contributed by atoms with van der Waals surface area (Å²) in [6.45, 7) is 1.42. The number of benzene rings is 2. The lowest BCUT2D eigenvalue weighted by atomic mass is 10.2. The number of ether oxygens (including phenoxy) is 3. The first-order chi connectivity index (χ1) is 14.8. The fourth-order valence-electron chi connectivity index (χ4n) is 2.57. The average molecular weight is 427 g/mol. The van der Waals surface area contributed by atoms with Crippen LogP contribution in [0.25, 0.3) is 6.08 Å². The van der Waals surface area contributed by atoms with Crippen molar-refractivity contribution in [2.45, 2.75) is 6.92 Å². The molecular weight excluding hydrogens is 402 g/mol. The summed E-state index contributed by atoms with van der Waals surface area (Å²) in [5.41, 5.74) is 7.21. The zero-order valence-corrected chi connectivity index (χ0v) is 17.6. The Bertz CT molecular complexity index is 987. The van der Waals surface area contributed by atoms with E-state index in [-0.39, 0.29) is 19.1 Å². The van der Waals surface area contributed by atoms with Crippen LogP contribution >= 0.6 is 0 Å². The molecule has 0 aliphatic carbocycles. The van der Waals surface area contributed by atoms with Crippen molar-refractivity contribution in [2.24, 2.45) is 5.73 Å². The van der Waals surface area contributed by atoms with E-state index in [2.05, 4.69) is 10.6 Å². The number of carbonyl (C=O) groups is 3. The molecule has 0 atom stereocenters. The third-order valence-electron chi connectivity index (χ3n) is 4.04. The van der Waals surface area contributed by atoms with E-state index in [0.29, 0.717) is 28.5 Å². The van der Waals surface area contributed by atoms with Gasteiger partial charge in [0.15, 0.2) is 18.1 Å². The van der Waals surface area contributed by atoms with Crippen LogP contribution in [-0.4, -0.2) is 45.1 Å². The lowest BCUT2D eigenvalue weighted by Gasteiger charge is -2.11. The molecule has 4 N–H and O–H groups in total. The van der Waals surface area contributed by atoms with E-state index in [0.717, 1.165) is 5.56 Å². The maximum Gasteiger partial charge on any atom is 0.255 e. The van der Waals surface area contributed by atoms with Crippen molar-refractivity contribution in [2.75, 3.05) is 32.7 Å². The Morgan fingerprint density at radius 1 is 1.00 bits per heavy atom. The minimum Gasteiger partial charge on any atom is -0.495 e. The van der Waals surface area contributed by atoms with E-state index < -0.39 is 11.8 Å². The number of nitrogens with two attached hydrogens (primary N) is 1. The van der Waals surface area contributed by atoms with Gasteiger partial charge in [-0.2, -0.15) is 0 Å². The van der Waals surface area contributed by atoms with Crippen molar-refractivity contribution < 1.29 is 28.6 Å². The molecule has 2 aromatic rings. The monoisotopic (exact) mass is 427 g/mol. The van der Waals surface area contributed by atoms with Crippen LogP contribution in [0.1, 0.15) is 11.1 Å². The highest BCUT2D eigenvalue weighted by Crippen LogP contribution is 2.28. The molecule has 31 heavy (non-hydrogen) atoms. The van der Waals surface area contributed by atoms with Gasteiger partial charge in [-0.3, -0.25) is 14.4 Å². The summed E-state index contributed by atoms with van der Waals surface area (Å²) in [5, 5.41) is 5.22. The second-order valence-corrected chi connectivity index (χ2v) is 6.47. The fourth-order valence-corrected chi connectivity index (χ4v) is 2.57. The highest BCUT2D eigenvalue weighted by molar-refractivity contribution is 5.98. The molecule has 0 fully saturated rings. The number of amides is 3. The normalized spacial score (nSPS) is 10.4. The van der Waals surface area contributed by atoms with Crippen molar-refractivity contribution in [1.82, 2.24) is 5.32 Å². The van der Waals surface area contributed by atoms with Crippen LogP contribution in [-0.2, 0) is 14.4 Å². The molecule has 3 amide bonds. The summed E-state index contributed by atoms with van der Waals surface area (Å²) < 4.78 is 15.7. The zero-order valence-electron chi connectivity index (χ0n) is 17.6. The topological polar surface area (TPSA) is 129 Å². The number of hydrogen-bond acceptors (Lipinski definition) is 6. The second kappa shape index (κ2) is 11.2. The van der Waals surface area contributed by atoms with Crippen LogP contribution in [0.4, 0.5) is 5.69 Å². The lowest BCUT2D eigenvalue weighted by molar-refractivity contribution is -0.121. The summed E-state index contributed by atoms with van der Waals surface area (Å²) in [6, 6.07) is 10.3. The molecule has 0 aliphatic rings. The zero-order chi connectivity index (χ0) is 22.8. The molecule has 0 aromatic heterocycles. The van der Waals surface area contributed by atoms with Crippen LogP contribution in [0.15, 0.2) is 42.5 Å². The number of carbonyl (C=O) groups excluding carboxylic acids is 3. The van der Waals surface area contributed by atoms with Gasteiger partial charge < -0.3 is 30.6 Å². The highest BCUT2D eigenvalue weighted by Gasteiger charge is 2.09. The minimum atomic E-state index is -0.604. The quantitative estimate of drug-likeness (QED) is 0.495. The number of primary amides is 1. The van der Waals surface area contributed by atoms with Crippen LogP contribution in [0.5, 0.6) is 17.2 Å². The maximum absolute atomic E-state index is 12.1. The molecule has 2 rings (SSSR count). The predicted molar refractivity (Wildman–Crippen MR) is 116 cm³/mol. The summed E-state index contributed by atoms with van der Waals surface area (Å²) in [7, 11) is 2.97. The van der Waals surface area contributed by atoms with E-state index in [1.807, 2.05) is 13.0 Å². The molecular formula is C22H25N3O6. The Labute approximate surface area is 180 Å². The number of methoxy groups -OCH3 is 2. The van der Waals surface area contributed by atoms with Crippen LogP contribution < -0.4 is 30.6 Å². The van der Waals surface area contributed by atoms with Crippen molar-refractivity contribution in [1.29, 1.82) is 0 Å². The number of aryl methyl sites for hydroxylation is 1. The molecule has 0 saturated carbocycles. The molecule has 9 nitrogen and oxygen atoms in total. The number of anilines is 1. The molecule has 9 heteroatoms. The molecule has 0 radical (unpaired) electrons. The Hall–Kier alpha value is -4.01. The van der Waals surface area contributed by atoms with E-state index in [1.165, 1.54) is 20.3 Å². The van der Waals surface area contributed by atoms with E-state index in [9.17, 15) is 14.4 Å². The predicted octanol–water partition coefficient (Wildman–Crippen LogP) is 1.64. The maximum atomic E-state index is 12.1. The van der Waals surface area contributed by atoms with Gasteiger partial charge in [-0.25, -0.2) is 0 Å². The van der Waals surface area contributed by atoms with Crippen LogP contribution in [0.2, 0.25) is 0 Å². The van der Waals surface area contributed by atoms with Gasteiger partial charge >= 0.3 is 0 Å². The molecule has 0 bridgehead atoms. The average Bonchev–Trinajstić information content (AvgIpc) is 2.75. The molecule has 0 saturated heterocycles. The van der Waals surface area contributed by atoms with Gasteiger partial charge in [0.2, 0.25) is 11.8 Å². The highest BCUT2D eigenvalue weighted by atomic mass is 16.5. The lowest BCUT2D eigenvalue weighted by Crippen LogP contribution is -2.31. The Balaban J connectivity index is 1.91. The summed E-state index contributed by atoms with van der Waals surface area (Å²) in [4.78, 5) is 35.0. The Kier molecular flexibility index (Phi) is 8.44. The van der Waals surface area contributed by atoms with E-state index >= 15 is 0 Å². The van der Waals surface area contributed by atoms with Crippen molar-refractivity contribution in [3.05, 3.63) is 53.6 Å². The smallest absolute Gasteiger partial charge is 0.255 e. The number of rotatable bonds is 10. The standard InChI is InChI=1S/C22H25N3O6/c1-14-4-7-17(29-2)16(10-14)25-22(28)12-24-21(27)9-6-15-5-8-18(19(11-15)30-3)31-13-20(23)26/h4-11H,12-13H2,1-3H3,(H2,23,26)(H,24,27)(H,25,28)/b9-6+. The summed E-state index contributed by atoms with van der Waals surface area (Å²) in [5.74, 6) is -0.168. The summed E-state index contributed by atoms with van der Waals surface area (Å²) in [6.07, 6.45) is 2.84. The minimum absolute atomic E-state index is 0.205. The fraction of sp³-hybridized carbons (Fsp3) is 0.227. The third kappa shape index (κ3) is 7.39. The first-order valence-corrected chi connectivity index (χ1v) is 9.32. The van der Waals surface area contributed by atoms with Gasteiger partial charge in [0.25, 0.3) is 5.91 Å². The van der Waals surface area contributed by atoms with Gasteiger partial charge in [-0.15, -0.1) is 0 Å². The second-order valence-electron chi connectivity index (χ2n) is 6.47. The summed E-state index contributed by atoms with van der Waals surface area (Å²) >= 11 is 0. The largest absolute Gasteiger partial charge is 0.495 e. The van der Waals surface area contributed by atoms with E-state index in [4.69, 9.17) is 19.9 Å². The molecule has 0 spiro atoms. The van der Waals surface area contributed by atoms with Gasteiger partial charge in [0.1, 0.15) is 5.75 Å². The van der Waals surface area contributed by atoms with Crippen molar-refractivity contribution in [3.63, 3.8) is 0 Å². The van der Waals surface area contributed by atoms with Crippen LogP contribution in [0, 0.1) is 6.92 Å². The third-order valence-corrected chi connectivity index (χ3v) is 4.04. The van der Waals surface area contributed by atoms with Crippen molar-refractivity contribution in [3.8, 4) is 17.2 Å². The number of nitrogens with one attached hydrogen (secondary N) is 2. The molecule has 0 aliphatic heterocycles. The van der Waals surface area contributed by atoms with Gasteiger partial charge in [-0.05, 0) is 48.4 Å². The van der Waals surface area contributed by atoms with Crippen LogP contribution in [0.3, 0.4) is 0 Å². The molecule has 0 unspecified atom stereocenters. The Morgan fingerprint density at radius 3 is 2.39 bits per heavy atom. The molecule has 164 valence electrons. The van der Waals surface area contributed by atoms with Gasteiger partial charge in [-0.1, -0.05) is 12.1 Å². The van der Waals surface area contributed by atoms with Gasteiger partial charge in [0, 0.05) is 6.08 Å². The van der Waals surface area contributed by atoms with Crippen molar-refractivity contribution >= 4 is 29.5 Å². The first-order valence-electron chi connectivity index (χ1n) is 9.32. The SMILES string of the molecule is COc1ccc(C)cc1NC(=O)CNC(=O)/C=C/c1ccc(OCC(N)=O)c(OC)c1. The van der Waals surface area contributed by atoms with Gasteiger partial charge in [0.05, 0.1) is 26.5 Å². The number of hydrogen-bond donors (Lipinski definition) is 3. The Morgan fingerprint density at radius 2 is 1.71 bits per heavy atom.